The molecule has 1 aliphatic rings. The highest BCUT2D eigenvalue weighted by molar-refractivity contribution is 14.0. The van der Waals surface area contributed by atoms with Crippen molar-refractivity contribution in [3.8, 4) is 0 Å². The van der Waals surface area contributed by atoms with Gasteiger partial charge in [-0.25, -0.2) is 0 Å². The smallest absolute Gasteiger partial charge is 0.193 e. The van der Waals surface area contributed by atoms with Crippen LogP contribution in [-0.4, -0.2) is 36.5 Å². The quantitative estimate of drug-likeness (QED) is 0.424. The summed E-state index contributed by atoms with van der Waals surface area (Å²) < 4.78 is 0. The molecule has 1 heterocycles. The number of halogens is 1. The van der Waals surface area contributed by atoms with Crippen LogP contribution in [0.15, 0.2) is 29.3 Å². The van der Waals surface area contributed by atoms with Gasteiger partial charge in [0, 0.05) is 11.7 Å². The summed E-state index contributed by atoms with van der Waals surface area (Å²) >= 11 is 0. The van der Waals surface area contributed by atoms with Crippen molar-refractivity contribution in [2.45, 2.75) is 45.6 Å². The molecule has 3 N–H and O–H groups in total. The van der Waals surface area contributed by atoms with Gasteiger partial charge in [0.1, 0.15) is 0 Å². The molecule has 124 valence electrons. The van der Waals surface area contributed by atoms with Crippen molar-refractivity contribution < 1.29 is 0 Å². The number of hydrogen-bond donors (Lipinski definition) is 2. The number of hydrogen-bond acceptors (Lipinski definition) is 2. The van der Waals surface area contributed by atoms with Gasteiger partial charge in [-0.1, -0.05) is 26.0 Å². The zero-order chi connectivity index (χ0) is 15.1. The van der Waals surface area contributed by atoms with Crippen LogP contribution in [0.2, 0.25) is 0 Å². The summed E-state index contributed by atoms with van der Waals surface area (Å²) in [4.78, 5) is 7.07. The molecule has 0 aromatic heterocycles. The first-order chi connectivity index (χ1) is 10.2. The second-order valence-electron chi connectivity index (χ2n) is 5.71. The third kappa shape index (κ3) is 5.76. The highest BCUT2D eigenvalue weighted by atomic mass is 127. The minimum absolute atomic E-state index is 0. The zero-order valence-corrected chi connectivity index (χ0v) is 16.0. The second kappa shape index (κ2) is 10.0. The number of nitrogens with zero attached hydrogens (tertiary/aromatic N) is 2. The molecule has 1 aromatic carbocycles. The van der Waals surface area contributed by atoms with Crippen LogP contribution < -0.4 is 11.1 Å². The monoisotopic (exact) mass is 416 g/mol. The van der Waals surface area contributed by atoms with E-state index < -0.39 is 0 Å². The number of aryl methyl sites for hydroxylation is 1. The molecule has 0 radical (unpaired) electrons. The highest BCUT2D eigenvalue weighted by Gasteiger charge is 2.19. The molecule has 1 fully saturated rings. The van der Waals surface area contributed by atoms with E-state index in [1.807, 2.05) is 12.1 Å². The topological polar surface area (TPSA) is 53.6 Å². The van der Waals surface area contributed by atoms with Gasteiger partial charge in [0.25, 0.3) is 0 Å². The van der Waals surface area contributed by atoms with Gasteiger partial charge in [-0.15, -0.1) is 24.0 Å². The minimum Gasteiger partial charge on any atom is -0.370 e. The first kappa shape index (κ1) is 19.2. The van der Waals surface area contributed by atoms with Crippen LogP contribution in [0.25, 0.3) is 0 Å². The molecule has 0 aliphatic carbocycles. The zero-order valence-electron chi connectivity index (χ0n) is 13.7. The Kier molecular flexibility index (Phi) is 8.78. The molecular formula is C17H29IN4. The predicted octanol–water partition coefficient (Wildman–Crippen LogP) is 3.47. The fourth-order valence-electron chi connectivity index (χ4n) is 2.87. The maximum atomic E-state index is 6.02. The van der Waals surface area contributed by atoms with Crippen LogP contribution in [0.4, 0.5) is 5.69 Å². The van der Waals surface area contributed by atoms with Crippen LogP contribution in [0.5, 0.6) is 0 Å². The van der Waals surface area contributed by atoms with Gasteiger partial charge in [-0.2, -0.15) is 0 Å². The van der Waals surface area contributed by atoms with Gasteiger partial charge in [0.15, 0.2) is 5.96 Å². The highest BCUT2D eigenvalue weighted by Crippen LogP contribution is 2.14. The first-order valence-corrected chi connectivity index (χ1v) is 8.12. The van der Waals surface area contributed by atoms with Crippen molar-refractivity contribution in [2.75, 3.05) is 25.0 Å². The summed E-state index contributed by atoms with van der Waals surface area (Å²) in [7, 11) is 0. The van der Waals surface area contributed by atoms with Crippen molar-refractivity contribution in [2.24, 2.45) is 10.7 Å². The number of anilines is 1. The van der Waals surface area contributed by atoms with E-state index in [0.717, 1.165) is 25.1 Å². The summed E-state index contributed by atoms with van der Waals surface area (Å²) in [5.74, 6) is 0.515. The van der Waals surface area contributed by atoms with Crippen LogP contribution in [-0.2, 0) is 6.42 Å². The molecule has 1 aromatic rings. The fraction of sp³-hybridized carbons (Fsp3) is 0.588. The molecule has 2 rings (SSSR count). The van der Waals surface area contributed by atoms with E-state index in [1.54, 1.807) is 0 Å². The summed E-state index contributed by atoms with van der Waals surface area (Å²) in [6.45, 7) is 7.58. The SMILES string of the molecule is CCc1cccc(NC(N)=NCC(CC)N2CCCC2)c1.I. The Balaban J connectivity index is 0.00000242. The van der Waals surface area contributed by atoms with Crippen LogP contribution in [0, 0.1) is 0 Å². The molecule has 1 saturated heterocycles. The molecule has 1 aliphatic heterocycles. The largest absolute Gasteiger partial charge is 0.370 e. The summed E-state index contributed by atoms with van der Waals surface area (Å²) in [6, 6.07) is 8.85. The third-order valence-corrected chi connectivity index (χ3v) is 4.21. The average Bonchev–Trinajstić information content (AvgIpc) is 3.02. The first-order valence-electron chi connectivity index (χ1n) is 8.12. The number of benzene rings is 1. The number of aliphatic imine (C=N–C) groups is 1. The molecule has 1 unspecified atom stereocenters. The third-order valence-electron chi connectivity index (χ3n) is 4.21. The van der Waals surface area contributed by atoms with Gasteiger partial charge < -0.3 is 11.1 Å². The molecular weight excluding hydrogens is 387 g/mol. The van der Waals surface area contributed by atoms with Gasteiger partial charge in [0.2, 0.25) is 0 Å². The van der Waals surface area contributed by atoms with E-state index >= 15 is 0 Å². The molecule has 0 spiro atoms. The van der Waals surface area contributed by atoms with E-state index in [4.69, 9.17) is 5.73 Å². The number of rotatable bonds is 6. The lowest BCUT2D eigenvalue weighted by atomic mass is 10.1. The predicted molar refractivity (Wildman–Crippen MR) is 106 cm³/mol. The lowest BCUT2D eigenvalue weighted by molar-refractivity contribution is 0.242. The van der Waals surface area contributed by atoms with Gasteiger partial charge in [0.05, 0.1) is 6.54 Å². The summed E-state index contributed by atoms with van der Waals surface area (Å²) in [6.07, 6.45) is 4.79. The Hall–Kier alpha value is -0.820. The Morgan fingerprint density at radius 1 is 1.32 bits per heavy atom. The lowest BCUT2D eigenvalue weighted by Gasteiger charge is -2.24. The molecule has 1 atom stereocenters. The van der Waals surface area contributed by atoms with Crippen molar-refractivity contribution in [3.63, 3.8) is 0 Å². The molecule has 0 bridgehead atoms. The molecule has 22 heavy (non-hydrogen) atoms. The summed E-state index contributed by atoms with van der Waals surface area (Å²) in [5, 5.41) is 3.20. The van der Waals surface area contributed by atoms with Crippen LogP contribution >= 0.6 is 24.0 Å². The molecule has 0 amide bonds. The van der Waals surface area contributed by atoms with E-state index in [9.17, 15) is 0 Å². The standard InChI is InChI=1S/C17H28N4.HI/c1-3-14-8-7-9-15(12-14)20-17(18)19-13-16(4-2)21-10-5-6-11-21;/h7-9,12,16H,3-6,10-11,13H2,1-2H3,(H3,18,19,20);1H. The van der Waals surface area contributed by atoms with Crippen LogP contribution in [0.3, 0.4) is 0 Å². The van der Waals surface area contributed by atoms with Crippen LogP contribution in [0.1, 0.15) is 38.7 Å². The maximum Gasteiger partial charge on any atom is 0.193 e. The van der Waals surface area contributed by atoms with E-state index in [1.165, 1.54) is 31.5 Å². The van der Waals surface area contributed by atoms with E-state index in [2.05, 4.69) is 41.2 Å². The Morgan fingerprint density at radius 2 is 2.05 bits per heavy atom. The van der Waals surface area contributed by atoms with Crippen molar-refractivity contribution in [1.29, 1.82) is 0 Å². The van der Waals surface area contributed by atoms with Gasteiger partial charge in [-0.3, -0.25) is 9.89 Å². The second-order valence-corrected chi connectivity index (χ2v) is 5.71. The van der Waals surface area contributed by atoms with E-state index in [0.29, 0.717) is 12.0 Å². The number of guanidine groups is 1. The molecule has 0 saturated carbocycles. The minimum atomic E-state index is 0. The number of likely N-dealkylation sites (tertiary alicyclic amines) is 1. The number of nitrogens with two attached hydrogens (primary N) is 1. The van der Waals surface area contributed by atoms with Crippen molar-refractivity contribution >= 4 is 35.6 Å². The van der Waals surface area contributed by atoms with Gasteiger partial charge in [-0.05, 0) is 56.5 Å². The summed E-state index contributed by atoms with van der Waals surface area (Å²) in [5.41, 5.74) is 8.34. The normalized spacial score (nSPS) is 17.1. The Labute approximate surface area is 151 Å². The van der Waals surface area contributed by atoms with Gasteiger partial charge >= 0.3 is 0 Å². The fourth-order valence-corrected chi connectivity index (χ4v) is 2.87. The van der Waals surface area contributed by atoms with Crippen molar-refractivity contribution in [1.82, 2.24) is 4.90 Å². The Morgan fingerprint density at radius 3 is 2.68 bits per heavy atom. The average molecular weight is 416 g/mol. The maximum absolute atomic E-state index is 6.02. The Bertz CT molecular complexity index is 469. The van der Waals surface area contributed by atoms with Crippen molar-refractivity contribution in [3.05, 3.63) is 29.8 Å². The molecule has 4 nitrogen and oxygen atoms in total. The lowest BCUT2D eigenvalue weighted by Crippen LogP contribution is -2.35. The number of nitrogens with one attached hydrogen (secondary N) is 1. The molecule has 5 heteroatoms. The van der Waals surface area contributed by atoms with E-state index in [-0.39, 0.29) is 24.0 Å².